The van der Waals surface area contributed by atoms with Crippen LogP contribution < -0.4 is 19.7 Å². The molecule has 2 unspecified atom stereocenters. The first-order chi connectivity index (χ1) is 24.2. The van der Waals surface area contributed by atoms with E-state index in [1.165, 1.54) is 26.4 Å². The fraction of sp³-hybridized carbons (Fsp3) is 0.444. The fourth-order valence-electron chi connectivity index (χ4n) is 6.82. The number of ether oxygens (including phenoxy) is 5. The maximum atomic E-state index is 14.0. The summed E-state index contributed by atoms with van der Waals surface area (Å²) in [4.78, 5) is 54.6. The molecule has 0 aliphatic carbocycles. The molecule has 14 heteroatoms. The van der Waals surface area contributed by atoms with Gasteiger partial charge in [-0.2, -0.15) is 0 Å². The maximum Gasteiger partial charge on any atom is 0.414 e. The predicted octanol–water partition coefficient (Wildman–Crippen LogP) is 4.94. The highest BCUT2D eigenvalue weighted by molar-refractivity contribution is 6.05. The van der Waals surface area contributed by atoms with Gasteiger partial charge in [-0.05, 0) is 61.8 Å². The molecule has 3 aromatic rings. The summed E-state index contributed by atoms with van der Waals surface area (Å²) < 4.78 is 30.4. The zero-order valence-electron chi connectivity index (χ0n) is 28.4. The highest BCUT2D eigenvalue weighted by Gasteiger charge is 2.46. The Kier molecular flexibility index (Phi) is 10.6. The Hall–Kier alpha value is -5.08. The Morgan fingerprint density at radius 1 is 1.00 bits per heavy atom. The molecule has 2 N–H and O–H groups in total. The van der Waals surface area contributed by atoms with Crippen molar-refractivity contribution >= 4 is 35.3 Å². The van der Waals surface area contributed by atoms with Gasteiger partial charge in [-0.3, -0.25) is 9.59 Å². The second-order valence-electron chi connectivity index (χ2n) is 12.6. The average Bonchev–Trinajstić information content (AvgIpc) is 3.44. The molecule has 50 heavy (non-hydrogen) atoms. The predicted molar refractivity (Wildman–Crippen MR) is 180 cm³/mol. The molecule has 2 aromatic carbocycles. The van der Waals surface area contributed by atoms with Gasteiger partial charge in [-0.25, -0.2) is 14.5 Å². The summed E-state index contributed by atoms with van der Waals surface area (Å²) in [5, 5.41) is 13.4. The molecule has 2 fully saturated rings. The average molecular weight is 691 g/mol. The van der Waals surface area contributed by atoms with Crippen molar-refractivity contribution in [3.63, 3.8) is 0 Å². The van der Waals surface area contributed by atoms with E-state index in [1.54, 1.807) is 28.8 Å². The van der Waals surface area contributed by atoms with Crippen molar-refractivity contribution in [2.24, 2.45) is 7.05 Å². The number of carbonyl (C=O) groups excluding carboxylic acids is 3. The zero-order chi connectivity index (χ0) is 35.4. The number of fused-ring (bicyclic) bond motifs is 2. The van der Waals surface area contributed by atoms with Crippen LogP contribution in [0.5, 0.6) is 11.5 Å². The Morgan fingerprint density at radius 3 is 2.54 bits per heavy atom. The summed E-state index contributed by atoms with van der Waals surface area (Å²) in [6.45, 7) is 1.08. The van der Waals surface area contributed by atoms with Gasteiger partial charge in [-0.1, -0.05) is 24.3 Å². The number of anilines is 2. The first kappa shape index (κ1) is 34.8. The molecule has 3 atom stereocenters. The van der Waals surface area contributed by atoms with Crippen molar-refractivity contribution in [3.05, 3.63) is 71.0 Å². The fourth-order valence-corrected chi connectivity index (χ4v) is 6.82. The van der Waals surface area contributed by atoms with Crippen molar-refractivity contribution in [1.29, 1.82) is 0 Å². The minimum absolute atomic E-state index is 0.0669. The van der Waals surface area contributed by atoms with Crippen LogP contribution >= 0.6 is 0 Å². The standard InChI is InChI=1S/C36H42N4O10/c1-38-20-24(17-28(38)35(43)47-3)37-31(41)16-22-9-8-10-23(15-22)21-49-30-19-27-25(18-29(30)46-2)33(42)39-13-6-4-11-26(39)34(40(27)36(44)45)50-32-12-5-7-14-48-32/h8-10,15,17-20,26,32,34H,4-7,11-14,16,21H2,1-3H3,(H,37,41)(H,44,45)/t26-,32?,34?/m0/s1. The number of nitrogens with zero attached hydrogens (tertiary/aromatic N) is 3. The van der Waals surface area contributed by atoms with Crippen LogP contribution in [0.4, 0.5) is 16.2 Å². The molecule has 3 aliphatic heterocycles. The van der Waals surface area contributed by atoms with Crippen molar-refractivity contribution in [2.75, 3.05) is 37.6 Å². The van der Waals surface area contributed by atoms with Crippen LogP contribution in [-0.4, -0.2) is 84.4 Å². The van der Waals surface area contributed by atoms with Crippen LogP contribution in [0.3, 0.4) is 0 Å². The van der Waals surface area contributed by atoms with Gasteiger partial charge in [-0.15, -0.1) is 0 Å². The van der Waals surface area contributed by atoms with Crippen LogP contribution in [0.1, 0.15) is 70.5 Å². The number of carbonyl (C=O) groups is 4. The molecule has 14 nitrogen and oxygen atoms in total. The van der Waals surface area contributed by atoms with Crippen LogP contribution in [0.15, 0.2) is 48.7 Å². The van der Waals surface area contributed by atoms with Crippen LogP contribution in [0.25, 0.3) is 0 Å². The summed E-state index contributed by atoms with van der Waals surface area (Å²) in [5.74, 6) is -0.559. The normalized spacial score (nSPS) is 20.3. The second kappa shape index (κ2) is 15.2. The Morgan fingerprint density at radius 2 is 1.80 bits per heavy atom. The number of aromatic nitrogens is 1. The van der Waals surface area contributed by atoms with E-state index in [9.17, 15) is 24.3 Å². The van der Waals surface area contributed by atoms with E-state index >= 15 is 0 Å². The summed E-state index contributed by atoms with van der Waals surface area (Å²) in [6, 6.07) is 11.4. The molecular weight excluding hydrogens is 648 g/mol. The number of nitrogens with one attached hydrogen (secondary N) is 1. The van der Waals surface area contributed by atoms with Gasteiger partial charge in [0, 0.05) is 32.5 Å². The summed E-state index contributed by atoms with van der Waals surface area (Å²) in [6.07, 6.45) is 3.57. The van der Waals surface area contributed by atoms with E-state index < -0.39 is 30.6 Å². The molecule has 3 amide bonds. The molecule has 4 heterocycles. The van der Waals surface area contributed by atoms with Gasteiger partial charge in [0.15, 0.2) is 24.0 Å². The van der Waals surface area contributed by atoms with E-state index in [-0.39, 0.29) is 47.6 Å². The van der Waals surface area contributed by atoms with Crippen molar-refractivity contribution in [1.82, 2.24) is 9.47 Å². The zero-order valence-corrected chi connectivity index (χ0v) is 28.4. The monoisotopic (exact) mass is 690 g/mol. The highest BCUT2D eigenvalue weighted by atomic mass is 16.7. The summed E-state index contributed by atoms with van der Waals surface area (Å²) in [5.41, 5.74) is 2.59. The van der Waals surface area contributed by atoms with Gasteiger partial charge in [0.1, 0.15) is 12.3 Å². The van der Waals surface area contributed by atoms with Gasteiger partial charge >= 0.3 is 12.1 Å². The Bertz CT molecular complexity index is 1750. The number of carboxylic acid groups (broad SMARTS) is 1. The molecule has 0 spiro atoms. The minimum atomic E-state index is -1.26. The maximum absolute atomic E-state index is 14.0. The van der Waals surface area contributed by atoms with Crippen LogP contribution in [0.2, 0.25) is 0 Å². The third-order valence-electron chi connectivity index (χ3n) is 9.23. The number of methoxy groups -OCH3 is 2. The van der Waals surface area contributed by atoms with Gasteiger partial charge < -0.3 is 43.6 Å². The van der Waals surface area contributed by atoms with Crippen molar-refractivity contribution in [2.45, 2.75) is 70.1 Å². The van der Waals surface area contributed by atoms with Crippen LogP contribution in [-0.2, 0) is 39.1 Å². The number of hydrogen-bond acceptors (Lipinski definition) is 9. The number of hydrogen-bond donors (Lipinski definition) is 2. The molecule has 0 bridgehead atoms. The van der Waals surface area contributed by atoms with Crippen LogP contribution in [0, 0.1) is 0 Å². The smallest absolute Gasteiger partial charge is 0.414 e. The SMILES string of the molecule is COC(=O)c1cc(NC(=O)Cc2cccc(COc3cc4c(cc3OC)C(=O)N3CCCC[C@H]3C(OC3CCCCO3)N4C(=O)O)c2)cn1C. The summed E-state index contributed by atoms with van der Waals surface area (Å²) >= 11 is 0. The topological polar surface area (TPSA) is 158 Å². The number of esters is 1. The lowest BCUT2D eigenvalue weighted by molar-refractivity contribution is -0.198. The molecule has 1 aromatic heterocycles. The van der Waals surface area contributed by atoms with E-state index in [0.717, 1.165) is 41.7 Å². The lowest BCUT2D eigenvalue weighted by atomic mass is 10.00. The van der Waals surface area contributed by atoms with Gasteiger partial charge in [0.25, 0.3) is 5.91 Å². The number of benzene rings is 2. The lowest BCUT2D eigenvalue weighted by Crippen LogP contribution is -2.57. The van der Waals surface area contributed by atoms with Crippen molar-refractivity contribution < 1.29 is 48.0 Å². The first-order valence-corrected chi connectivity index (χ1v) is 16.7. The number of amides is 3. The number of rotatable bonds is 10. The second-order valence-corrected chi connectivity index (χ2v) is 12.6. The summed E-state index contributed by atoms with van der Waals surface area (Å²) in [7, 11) is 4.44. The number of aryl methyl sites for hydroxylation is 1. The van der Waals surface area contributed by atoms with E-state index in [2.05, 4.69) is 5.32 Å². The molecular formula is C36H42N4O10. The van der Waals surface area contributed by atoms with Gasteiger partial charge in [0.2, 0.25) is 5.91 Å². The van der Waals surface area contributed by atoms with E-state index in [0.29, 0.717) is 37.4 Å². The Labute approximate surface area is 289 Å². The molecule has 0 radical (unpaired) electrons. The lowest BCUT2D eigenvalue weighted by Gasteiger charge is -2.42. The first-order valence-electron chi connectivity index (χ1n) is 16.7. The largest absolute Gasteiger partial charge is 0.493 e. The van der Waals surface area contributed by atoms with E-state index in [1.807, 2.05) is 24.3 Å². The van der Waals surface area contributed by atoms with Gasteiger partial charge in [0.05, 0.1) is 43.6 Å². The third kappa shape index (κ3) is 7.41. The number of piperidine rings is 1. The quantitative estimate of drug-likeness (QED) is 0.279. The minimum Gasteiger partial charge on any atom is -0.493 e. The molecule has 3 aliphatic rings. The molecule has 2 saturated heterocycles. The highest BCUT2D eigenvalue weighted by Crippen LogP contribution is 2.42. The molecule has 266 valence electrons. The van der Waals surface area contributed by atoms with Crippen molar-refractivity contribution in [3.8, 4) is 11.5 Å². The Balaban J connectivity index is 1.23. The third-order valence-corrected chi connectivity index (χ3v) is 9.23. The molecule has 6 rings (SSSR count). The molecule has 0 saturated carbocycles. The van der Waals surface area contributed by atoms with E-state index in [4.69, 9.17) is 23.7 Å².